The summed E-state index contributed by atoms with van der Waals surface area (Å²) >= 11 is 0. The molecule has 0 amide bonds. The number of sulfonamides is 1. The lowest BCUT2D eigenvalue weighted by Gasteiger charge is -2.33. The summed E-state index contributed by atoms with van der Waals surface area (Å²) in [6.07, 6.45) is 3.10. The molecule has 0 bridgehead atoms. The molecule has 1 fully saturated rings. The van der Waals surface area contributed by atoms with Crippen molar-refractivity contribution in [3.8, 4) is 0 Å². The Bertz CT molecular complexity index is 1020. The van der Waals surface area contributed by atoms with Crippen LogP contribution >= 0.6 is 0 Å². The predicted octanol–water partition coefficient (Wildman–Crippen LogP) is 2.37. The fraction of sp³-hybridized carbons (Fsp3) is 0.476. The van der Waals surface area contributed by atoms with E-state index in [1.807, 2.05) is 12.1 Å². The van der Waals surface area contributed by atoms with Gasteiger partial charge in [-0.05, 0) is 55.5 Å². The largest absolute Gasteiger partial charge is 0.465 e. The van der Waals surface area contributed by atoms with E-state index in [9.17, 15) is 13.2 Å². The van der Waals surface area contributed by atoms with Crippen LogP contribution in [0.3, 0.4) is 0 Å². The van der Waals surface area contributed by atoms with Gasteiger partial charge in [-0.1, -0.05) is 6.07 Å². The van der Waals surface area contributed by atoms with Gasteiger partial charge >= 0.3 is 5.97 Å². The smallest absolute Gasteiger partial charge is 0.341 e. The van der Waals surface area contributed by atoms with Gasteiger partial charge < -0.3 is 9.15 Å². The first-order valence-electron chi connectivity index (χ1n) is 9.90. The molecule has 8 heteroatoms. The number of methoxy groups -OCH3 is 1. The van der Waals surface area contributed by atoms with Crippen LogP contribution in [0.4, 0.5) is 0 Å². The molecule has 0 N–H and O–H groups in total. The standard InChI is InChI=1S/C21H26N2O5S/c1-15-20(21(24)27-2)13-18(28-15)14-22-8-10-23(11-9-22)29(25,26)19-7-6-16-4-3-5-17(16)12-19/h6-7,12-13H,3-5,8-11,14H2,1-2H3. The number of hydrogen-bond donors (Lipinski definition) is 0. The molecule has 0 atom stereocenters. The number of carbonyl (C=O) groups excluding carboxylic acids is 1. The monoisotopic (exact) mass is 418 g/mol. The lowest BCUT2D eigenvalue weighted by atomic mass is 10.1. The number of benzene rings is 1. The summed E-state index contributed by atoms with van der Waals surface area (Å²) in [5.41, 5.74) is 2.87. The number of carbonyl (C=O) groups is 1. The van der Waals surface area contributed by atoms with Gasteiger partial charge in [-0.3, -0.25) is 4.90 Å². The van der Waals surface area contributed by atoms with Gasteiger partial charge in [0.2, 0.25) is 10.0 Å². The third-order valence-electron chi connectivity index (χ3n) is 5.79. The highest BCUT2D eigenvalue weighted by Crippen LogP contribution is 2.27. The molecule has 0 unspecified atom stereocenters. The zero-order valence-corrected chi connectivity index (χ0v) is 17.6. The van der Waals surface area contributed by atoms with Gasteiger partial charge in [0.15, 0.2) is 0 Å². The molecule has 1 aliphatic heterocycles. The van der Waals surface area contributed by atoms with Crippen molar-refractivity contribution in [2.24, 2.45) is 0 Å². The maximum absolute atomic E-state index is 13.0. The number of rotatable bonds is 5. The fourth-order valence-corrected chi connectivity index (χ4v) is 5.61. The Hall–Kier alpha value is -2.16. The Kier molecular flexibility index (Phi) is 5.50. The maximum atomic E-state index is 13.0. The summed E-state index contributed by atoms with van der Waals surface area (Å²) in [5.74, 6) is 0.797. The number of nitrogens with zero attached hydrogens (tertiary/aromatic N) is 2. The van der Waals surface area contributed by atoms with Crippen LogP contribution in [0, 0.1) is 6.92 Å². The minimum absolute atomic E-state index is 0.399. The molecule has 0 radical (unpaired) electrons. The Morgan fingerprint density at radius 1 is 1.10 bits per heavy atom. The first kappa shape index (κ1) is 20.1. The average molecular weight is 419 g/mol. The molecule has 2 aliphatic rings. The second-order valence-electron chi connectivity index (χ2n) is 7.64. The molecule has 0 spiro atoms. The molecule has 0 saturated carbocycles. The van der Waals surface area contributed by atoms with Crippen LogP contribution in [0.15, 0.2) is 33.6 Å². The van der Waals surface area contributed by atoms with Crippen molar-refractivity contribution in [3.05, 3.63) is 52.5 Å². The number of ether oxygens (including phenoxy) is 1. The highest BCUT2D eigenvalue weighted by Gasteiger charge is 2.30. The van der Waals surface area contributed by atoms with Crippen LogP contribution in [0.25, 0.3) is 0 Å². The van der Waals surface area contributed by atoms with Crippen molar-refractivity contribution in [2.75, 3.05) is 33.3 Å². The number of esters is 1. The van der Waals surface area contributed by atoms with Crippen LogP contribution in [-0.4, -0.2) is 56.9 Å². The lowest BCUT2D eigenvalue weighted by molar-refractivity contribution is 0.0599. The van der Waals surface area contributed by atoms with E-state index in [0.717, 1.165) is 19.3 Å². The quantitative estimate of drug-likeness (QED) is 0.694. The number of furan rings is 1. The highest BCUT2D eigenvalue weighted by molar-refractivity contribution is 7.89. The molecule has 7 nitrogen and oxygen atoms in total. The van der Waals surface area contributed by atoms with Crippen molar-refractivity contribution in [2.45, 2.75) is 37.6 Å². The molecule has 2 aromatic rings. The Balaban J connectivity index is 1.40. The second-order valence-corrected chi connectivity index (χ2v) is 9.58. The fourth-order valence-electron chi connectivity index (χ4n) is 4.14. The Morgan fingerprint density at radius 3 is 2.55 bits per heavy atom. The van der Waals surface area contributed by atoms with Crippen LogP contribution in [0.5, 0.6) is 0 Å². The SMILES string of the molecule is COC(=O)c1cc(CN2CCN(S(=O)(=O)c3ccc4c(c3)CCC4)CC2)oc1C. The minimum atomic E-state index is -3.48. The van der Waals surface area contributed by atoms with Gasteiger partial charge in [0.05, 0.1) is 18.6 Å². The maximum Gasteiger partial charge on any atom is 0.341 e. The van der Waals surface area contributed by atoms with Crippen LogP contribution in [0.2, 0.25) is 0 Å². The van der Waals surface area contributed by atoms with E-state index in [4.69, 9.17) is 9.15 Å². The summed E-state index contributed by atoms with van der Waals surface area (Å²) in [4.78, 5) is 14.3. The average Bonchev–Trinajstić information content (AvgIpc) is 3.33. The number of aryl methyl sites for hydroxylation is 3. The molecule has 29 heavy (non-hydrogen) atoms. The summed E-state index contributed by atoms with van der Waals surface area (Å²) in [6, 6.07) is 7.26. The van der Waals surface area contributed by atoms with Crippen molar-refractivity contribution < 1.29 is 22.4 Å². The van der Waals surface area contributed by atoms with Gasteiger partial charge in [-0.2, -0.15) is 4.31 Å². The lowest BCUT2D eigenvalue weighted by Crippen LogP contribution is -2.48. The minimum Gasteiger partial charge on any atom is -0.465 e. The number of hydrogen-bond acceptors (Lipinski definition) is 6. The summed E-state index contributed by atoms with van der Waals surface area (Å²) in [5, 5.41) is 0. The van der Waals surface area contributed by atoms with E-state index >= 15 is 0 Å². The second kappa shape index (κ2) is 7.93. The summed E-state index contributed by atoms with van der Waals surface area (Å²) in [7, 11) is -2.13. The van der Waals surface area contributed by atoms with Crippen LogP contribution in [0.1, 0.15) is 39.4 Å². The van der Waals surface area contributed by atoms with Crippen LogP contribution in [-0.2, 0) is 34.1 Å². The third kappa shape index (κ3) is 3.97. The molecular formula is C21H26N2O5S. The van der Waals surface area contributed by atoms with E-state index < -0.39 is 16.0 Å². The molecule has 1 aromatic heterocycles. The van der Waals surface area contributed by atoms with Crippen molar-refractivity contribution in [1.29, 1.82) is 0 Å². The van der Waals surface area contributed by atoms with E-state index in [1.165, 1.54) is 18.2 Å². The molecule has 2 heterocycles. The van der Waals surface area contributed by atoms with E-state index in [0.29, 0.717) is 54.7 Å². The summed E-state index contributed by atoms with van der Waals surface area (Å²) in [6.45, 7) is 4.35. The highest BCUT2D eigenvalue weighted by atomic mass is 32.2. The third-order valence-corrected chi connectivity index (χ3v) is 7.69. The zero-order valence-electron chi connectivity index (χ0n) is 16.8. The molecule has 1 saturated heterocycles. The molecular weight excluding hydrogens is 392 g/mol. The van der Waals surface area contributed by atoms with Crippen molar-refractivity contribution >= 4 is 16.0 Å². The number of fused-ring (bicyclic) bond motifs is 1. The summed E-state index contributed by atoms with van der Waals surface area (Å²) < 4.78 is 38.1. The molecule has 4 rings (SSSR count). The normalized spacial score (nSPS) is 18.0. The molecule has 1 aromatic carbocycles. The Labute approximate surface area is 171 Å². The van der Waals surface area contributed by atoms with Crippen molar-refractivity contribution in [1.82, 2.24) is 9.21 Å². The van der Waals surface area contributed by atoms with E-state index in [2.05, 4.69) is 4.90 Å². The molecule has 1 aliphatic carbocycles. The van der Waals surface area contributed by atoms with Gasteiger partial charge in [-0.25, -0.2) is 13.2 Å². The van der Waals surface area contributed by atoms with Gasteiger partial charge in [0.25, 0.3) is 0 Å². The van der Waals surface area contributed by atoms with E-state index in [-0.39, 0.29) is 0 Å². The topological polar surface area (TPSA) is 80.1 Å². The van der Waals surface area contributed by atoms with Gasteiger partial charge in [0, 0.05) is 26.2 Å². The van der Waals surface area contributed by atoms with Gasteiger partial charge in [-0.15, -0.1) is 0 Å². The predicted molar refractivity (Wildman–Crippen MR) is 107 cm³/mol. The van der Waals surface area contributed by atoms with Crippen LogP contribution < -0.4 is 0 Å². The van der Waals surface area contributed by atoms with E-state index in [1.54, 1.807) is 23.4 Å². The van der Waals surface area contributed by atoms with Crippen molar-refractivity contribution in [3.63, 3.8) is 0 Å². The first-order valence-corrected chi connectivity index (χ1v) is 11.3. The van der Waals surface area contributed by atoms with Gasteiger partial charge in [0.1, 0.15) is 17.1 Å². The Morgan fingerprint density at radius 2 is 1.83 bits per heavy atom. The first-order chi connectivity index (χ1) is 13.9. The number of piperazine rings is 1. The molecule has 156 valence electrons. The zero-order chi connectivity index (χ0) is 20.6.